The second-order valence-electron chi connectivity index (χ2n) is 8.49. The van der Waals surface area contributed by atoms with Crippen LogP contribution in [0.4, 0.5) is 0 Å². The van der Waals surface area contributed by atoms with E-state index in [-0.39, 0.29) is 5.91 Å². The molecular formula is C29H23N3O2S. The normalized spacial score (nSPS) is 11.3. The number of hydrogen-bond donors (Lipinski definition) is 0. The molecule has 6 rings (SSSR count). The largest absolute Gasteiger partial charge is 0.467 e. The second-order valence-corrected chi connectivity index (χ2v) is 9.33. The third kappa shape index (κ3) is 4.36. The summed E-state index contributed by atoms with van der Waals surface area (Å²) in [6.07, 6.45) is 4.44. The van der Waals surface area contributed by atoms with Crippen LogP contribution in [-0.4, -0.2) is 26.7 Å². The first-order chi connectivity index (χ1) is 17.2. The molecule has 0 fully saturated rings. The first-order valence-electron chi connectivity index (χ1n) is 11.6. The van der Waals surface area contributed by atoms with Crippen LogP contribution in [0.15, 0.2) is 107 Å². The van der Waals surface area contributed by atoms with E-state index in [9.17, 15) is 4.79 Å². The van der Waals surface area contributed by atoms with E-state index in [1.807, 2.05) is 71.6 Å². The summed E-state index contributed by atoms with van der Waals surface area (Å²) in [5, 5.41) is 4.31. The van der Waals surface area contributed by atoms with Crippen molar-refractivity contribution in [1.29, 1.82) is 0 Å². The number of rotatable bonds is 7. The molecule has 172 valence electrons. The van der Waals surface area contributed by atoms with Gasteiger partial charge in [0.1, 0.15) is 5.76 Å². The molecule has 1 amide bonds. The first kappa shape index (κ1) is 21.4. The molecule has 3 heterocycles. The molecule has 5 nitrogen and oxygen atoms in total. The third-order valence-corrected chi connectivity index (χ3v) is 7.09. The smallest absolute Gasteiger partial charge is 0.254 e. The van der Waals surface area contributed by atoms with Crippen molar-refractivity contribution in [3.8, 4) is 11.3 Å². The van der Waals surface area contributed by atoms with Crippen molar-refractivity contribution >= 4 is 33.0 Å². The van der Waals surface area contributed by atoms with Gasteiger partial charge in [-0.2, -0.15) is 0 Å². The monoisotopic (exact) mass is 477 g/mol. The number of nitrogens with zero attached hydrogens (tertiary/aromatic N) is 3. The quantitative estimate of drug-likeness (QED) is 0.257. The number of hydrogen-bond acceptors (Lipinski definition) is 4. The average molecular weight is 478 g/mol. The zero-order valence-corrected chi connectivity index (χ0v) is 19.8. The maximum absolute atomic E-state index is 13.6. The van der Waals surface area contributed by atoms with E-state index in [0.717, 1.165) is 38.4 Å². The van der Waals surface area contributed by atoms with Gasteiger partial charge in [0.2, 0.25) is 0 Å². The molecule has 0 N–H and O–H groups in total. The molecule has 35 heavy (non-hydrogen) atoms. The fourth-order valence-electron chi connectivity index (χ4n) is 4.35. The summed E-state index contributed by atoms with van der Waals surface area (Å²) in [6, 6.07) is 27.9. The minimum absolute atomic E-state index is 0.00534. The van der Waals surface area contributed by atoms with Crippen molar-refractivity contribution in [1.82, 2.24) is 14.3 Å². The van der Waals surface area contributed by atoms with E-state index in [2.05, 4.69) is 34.2 Å². The van der Waals surface area contributed by atoms with E-state index in [0.29, 0.717) is 25.1 Å². The molecule has 0 aliphatic carbocycles. The highest BCUT2D eigenvalue weighted by molar-refractivity contribution is 7.15. The Morgan fingerprint density at radius 1 is 0.943 bits per heavy atom. The van der Waals surface area contributed by atoms with E-state index < -0.39 is 0 Å². The summed E-state index contributed by atoms with van der Waals surface area (Å²) < 4.78 is 7.71. The second kappa shape index (κ2) is 9.24. The predicted molar refractivity (Wildman–Crippen MR) is 140 cm³/mol. The van der Waals surface area contributed by atoms with E-state index in [1.54, 1.807) is 17.6 Å². The molecule has 0 unspecified atom stereocenters. The van der Waals surface area contributed by atoms with Crippen LogP contribution in [-0.2, 0) is 13.0 Å². The lowest BCUT2D eigenvalue weighted by Crippen LogP contribution is -2.32. The maximum Gasteiger partial charge on any atom is 0.254 e. The summed E-state index contributed by atoms with van der Waals surface area (Å²) >= 11 is 1.62. The molecule has 0 saturated heterocycles. The minimum Gasteiger partial charge on any atom is -0.467 e. The maximum atomic E-state index is 13.6. The lowest BCUT2D eigenvalue weighted by Gasteiger charge is -2.22. The Balaban J connectivity index is 1.27. The van der Waals surface area contributed by atoms with Crippen LogP contribution in [0.3, 0.4) is 0 Å². The van der Waals surface area contributed by atoms with E-state index in [4.69, 9.17) is 9.40 Å². The molecule has 0 bridgehead atoms. The summed E-state index contributed by atoms with van der Waals surface area (Å²) in [5.74, 6) is 0.762. The average Bonchev–Trinajstić information content (AvgIpc) is 3.65. The number of fused-ring (bicyclic) bond motifs is 2. The number of benzene rings is 3. The van der Waals surface area contributed by atoms with E-state index in [1.165, 1.54) is 0 Å². The van der Waals surface area contributed by atoms with Crippen molar-refractivity contribution in [2.75, 3.05) is 6.54 Å². The Bertz CT molecular complexity index is 1600. The Hall–Kier alpha value is -4.16. The molecule has 3 aromatic carbocycles. The zero-order valence-electron chi connectivity index (χ0n) is 19.0. The van der Waals surface area contributed by atoms with Gasteiger partial charge in [-0.25, -0.2) is 4.98 Å². The Labute approximate surface area is 206 Å². The highest BCUT2D eigenvalue weighted by atomic mass is 32.1. The number of imidazole rings is 1. The number of furan rings is 1. The SMILES string of the molecule is O=C(c1ccc2ccccc2c1)N(CCc1csc2nc(-c3ccccc3)cn12)Cc1ccco1. The van der Waals surface area contributed by atoms with Gasteiger partial charge in [-0.15, -0.1) is 11.3 Å². The first-order valence-corrected chi connectivity index (χ1v) is 12.4. The summed E-state index contributed by atoms with van der Waals surface area (Å²) in [4.78, 5) is 21.2. The molecule has 0 radical (unpaired) electrons. The Morgan fingerprint density at radius 2 is 1.77 bits per heavy atom. The van der Waals surface area contributed by atoms with Crippen molar-refractivity contribution in [2.45, 2.75) is 13.0 Å². The van der Waals surface area contributed by atoms with Gasteiger partial charge in [0.05, 0.1) is 18.5 Å². The van der Waals surface area contributed by atoms with Crippen LogP contribution in [0.2, 0.25) is 0 Å². The molecule has 6 heteroatoms. The Morgan fingerprint density at radius 3 is 2.60 bits per heavy atom. The zero-order chi connectivity index (χ0) is 23.6. The molecular weight excluding hydrogens is 454 g/mol. The van der Waals surface area contributed by atoms with Crippen molar-refractivity contribution < 1.29 is 9.21 Å². The number of aromatic nitrogens is 2. The van der Waals surface area contributed by atoms with Gasteiger partial charge >= 0.3 is 0 Å². The number of amides is 1. The van der Waals surface area contributed by atoms with Gasteiger partial charge in [-0.3, -0.25) is 9.20 Å². The van der Waals surface area contributed by atoms with Gasteiger partial charge in [0.25, 0.3) is 5.91 Å². The van der Waals surface area contributed by atoms with Crippen LogP contribution >= 0.6 is 11.3 Å². The molecule has 6 aromatic rings. The fraction of sp³-hybridized carbons (Fsp3) is 0.103. The van der Waals surface area contributed by atoms with Crippen LogP contribution in [0.1, 0.15) is 21.8 Å². The van der Waals surface area contributed by atoms with Crippen LogP contribution in [0.5, 0.6) is 0 Å². The van der Waals surface area contributed by atoms with Crippen molar-refractivity contribution in [2.24, 2.45) is 0 Å². The lowest BCUT2D eigenvalue weighted by atomic mass is 10.1. The van der Waals surface area contributed by atoms with Gasteiger partial charge in [-0.05, 0) is 35.0 Å². The van der Waals surface area contributed by atoms with Crippen molar-refractivity contribution in [3.63, 3.8) is 0 Å². The topological polar surface area (TPSA) is 50.8 Å². The lowest BCUT2D eigenvalue weighted by molar-refractivity contribution is 0.0733. The predicted octanol–water partition coefficient (Wildman–Crippen LogP) is 6.69. The summed E-state index contributed by atoms with van der Waals surface area (Å²) in [6.45, 7) is 0.988. The van der Waals surface area contributed by atoms with Gasteiger partial charge in [0.15, 0.2) is 4.96 Å². The summed E-state index contributed by atoms with van der Waals surface area (Å²) in [5.41, 5.74) is 3.87. The Kier molecular flexibility index (Phi) is 5.64. The van der Waals surface area contributed by atoms with Crippen molar-refractivity contribution in [3.05, 3.63) is 120 Å². The third-order valence-electron chi connectivity index (χ3n) is 6.20. The van der Waals surface area contributed by atoms with Crippen LogP contribution < -0.4 is 0 Å². The van der Waals surface area contributed by atoms with Gasteiger partial charge in [0, 0.05) is 41.4 Å². The van der Waals surface area contributed by atoms with E-state index >= 15 is 0 Å². The minimum atomic E-state index is -0.00534. The molecule has 0 aliphatic rings. The van der Waals surface area contributed by atoms with Gasteiger partial charge < -0.3 is 9.32 Å². The molecule has 0 aliphatic heterocycles. The number of carbonyl (C=O) groups is 1. The number of carbonyl (C=O) groups excluding carboxylic acids is 1. The number of thiazole rings is 1. The molecule has 0 saturated carbocycles. The standard InChI is InChI=1S/C29H23N3O2S/c33-28(24-13-12-21-7-4-5-10-23(21)17-24)31(18-26-11-6-16-34-26)15-14-25-20-35-29-30-27(19-32(25)29)22-8-2-1-3-9-22/h1-13,16-17,19-20H,14-15,18H2. The summed E-state index contributed by atoms with van der Waals surface area (Å²) in [7, 11) is 0. The van der Waals surface area contributed by atoms with Gasteiger partial charge in [-0.1, -0.05) is 60.7 Å². The van der Waals surface area contributed by atoms with Crippen LogP contribution in [0.25, 0.3) is 27.0 Å². The highest BCUT2D eigenvalue weighted by Gasteiger charge is 2.19. The highest BCUT2D eigenvalue weighted by Crippen LogP contribution is 2.24. The molecule has 0 atom stereocenters. The van der Waals surface area contributed by atoms with Crippen LogP contribution in [0, 0.1) is 0 Å². The fourth-order valence-corrected chi connectivity index (χ4v) is 5.26. The molecule has 0 spiro atoms. The molecule has 3 aromatic heterocycles.